The Hall–Kier alpha value is -2.34. The van der Waals surface area contributed by atoms with Crippen LogP contribution < -0.4 is 10.1 Å². The summed E-state index contributed by atoms with van der Waals surface area (Å²) in [4.78, 5) is 10.3. The van der Waals surface area contributed by atoms with Gasteiger partial charge in [-0.1, -0.05) is 11.6 Å². The number of nitro benzene ring substituents is 1. The number of nitro groups is 1. The van der Waals surface area contributed by atoms with Crippen molar-refractivity contribution in [1.82, 2.24) is 0 Å². The zero-order valence-corrected chi connectivity index (χ0v) is 11.9. The molecule has 110 valence electrons. The number of halogens is 2. The number of nitrogens with zero attached hydrogens (tertiary/aromatic N) is 1. The monoisotopic (exact) mass is 310 g/mol. The second-order valence-electron chi connectivity index (χ2n) is 4.23. The fourth-order valence-corrected chi connectivity index (χ4v) is 2.00. The predicted molar refractivity (Wildman–Crippen MR) is 78.4 cm³/mol. The molecule has 2 rings (SSSR count). The van der Waals surface area contributed by atoms with Crippen molar-refractivity contribution in [3.05, 3.63) is 62.9 Å². The van der Waals surface area contributed by atoms with Gasteiger partial charge in [-0.3, -0.25) is 10.1 Å². The Morgan fingerprint density at radius 1 is 1.33 bits per heavy atom. The van der Waals surface area contributed by atoms with E-state index in [2.05, 4.69) is 5.32 Å². The lowest BCUT2D eigenvalue weighted by Gasteiger charge is -2.11. The van der Waals surface area contributed by atoms with E-state index in [9.17, 15) is 14.5 Å². The number of rotatable bonds is 5. The van der Waals surface area contributed by atoms with Crippen LogP contribution in [-0.2, 0) is 6.54 Å². The van der Waals surface area contributed by atoms with Gasteiger partial charge in [0.05, 0.1) is 17.7 Å². The van der Waals surface area contributed by atoms with E-state index in [1.807, 2.05) is 0 Å². The van der Waals surface area contributed by atoms with Crippen LogP contribution >= 0.6 is 11.6 Å². The molecule has 0 bridgehead atoms. The van der Waals surface area contributed by atoms with Crippen molar-refractivity contribution in [3.63, 3.8) is 0 Å². The summed E-state index contributed by atoms with van der Waals surface area (Å²) in [5.74, 6) is -0.00521. The number of ether oxygens (including phenoxy) is 1. The van der Waals surface area contributed by atoms with E-state index in [0.717, 1.165) is 0 Å². The third-order valence-corrected chi connectivity index (χ3v) is 3.11. The summed E-state index contributed by atoms with van der Waals surface area (Å²) < 4.78 is 18.8. The molecule has 0 spiro atoms. The standard InChI is InChI=1S/C14H12ClFN2O3/c1-21-14-5-3-11(18(19)20)6-9(14)8-17-13-4-2-10(15)7-12(13)16/h2-7,17H,8H2,1H3. The lowest BCUT2D eigenvalue weighted by Crippen LogP contribution is -2.04. The second kappa shape index (κ2) is 6.41. The molecule has 0 amide bonds. The first-order valence-electron chi connectivity index (χ1n) is 6.01. The van der Waals surface area contributed by atoms with Gasteiger partial charge in [-0.15, -0.1) is 0 Å². The molecule has 0 fully saturated rings. The molecule has 0 radical (unpaired) electrons. The number of hydrogen-bond acceptors (Lipinski definition) is 4. The van der Waals surface area contributed by atoms with Crippen LogP contribution in [0.3, 0.4) is 0 Å². The van der Waals surface area contributed by atoms with Gasteiger partial charge in [0.15, 0.2) is 0 Å². The summed E-state index contributed by atoms with van der Waals surface area (Å²) in [6, 6.07) is 8.49. The molecule has 1 N–H and O–H groups in total. The first-order chi connectivity index (χ1) is 10.0. The molecule has 0 saturated heterocycles. The summed E-state index contributed by atoms with van der Waals surface area (Å²) in [5.41, 5.74) is 0.762. The molecule has 0 heterocycles. The minimum absolute atomic E-state index is 0.0517. The van der Waals surface area contributed by atoms with E-state index >= 15 is 0 Å². The van der Waals surface area contributed by atoms with Gasteiger partial charge in [0, 0.05) is 29.3 Å². The minimum atomic E-state index is -0.494. The maximum absolute atomic E-state index is 13.7. The van der Waals surface area contributed by atoms with Crippen LogP contribution in [0, 0.1) is 15.9 Å². The number of nitrogens with one attached hydrogen (secondary N) is 1. The summed E-state index contributed by atoms with van der Waals surface area (Å²) in [7, 11) is 1.47. The highest BCUT2D eigenvalue weighted by Gasteiger charge is 2.12. The van der Waals surface area contributed by atoms with Crippen LogP contribution in [0.2, 0.25) is 5.02 Å². The van der Waals surface area contributed by atoms with Gasteiger partial charge in [0.25, 0.3) is 5.69 Å². The fourth-order valence-electron chi connectivity index (χ4n) is 1.84. The lowest BCUT2D eigenvalue weighted by atomic mass is 10.1. The molecule has 0 saturated carbocycles. The lowest BCUT2D eigenvalue weighted by molar-refractivity contribution is -0.384. The Morgan fingerprint density at radius 3 is 2.71 bits per heavy atom. The SMILES string of the molecule is COc1ccc([N+](=O)[O-])cc1CNc1ccc(Cl)cc1F. The van der Waals surface area contributed by atoms with Gasteiger partial charge in [0.1, 0.15) is 11.6 Å². The van der Waals surface area contributed by atoms with Gasteiger partial charge < -0.3 is 10.1 Å². The van der Waals surface area contributed by atoms with Gasteiger partial charge in [0.2, 0.25) is 0 Å². The molecule has 0 unspecified atom stereocenters. The molecule has 0 aromatic heterocycles. The van der Waals surface area contributed by atoms with E-state index in [-0.39, 0.29) is 17.9 Å². The quantitative estimate of drug-likeness (QED) is 0.669. The topological polar surface area (TPSA) is 64.4 Å². The molecule has 5 nitrogen and oxygen atoms in total. The molecule has 2 aromatic rings. The van der Waals surface area contributed by atoms with Crippen LogP contribution in [0.1, 0.15) is 5.56 Å². The summed E-state index contributed by atoms with van der Waals surface area (Å²) in [6.45, 7) is 0.184. The maximum Gasteiger partial charge on any atom is 0.270 e. The van der Waals surface area contributed by atoms with Crippen molar-refractivity contribution in [1.29, 1.82) is 0 Å². The number of anilines is 1. The molecular weight excluding hydrogens is 299 g/mol. The van der Waals surface area contributed by atoms with E-state index in [1.165, 1.54) is 37.4 Å². The van der Waals surface area contributed by atoms with E-state index in [1.54, 1.807) is 6.07 Å². The Morgan fingerprint density at radius 2 is 2.10 bits per heavy atom. The average molecular weight is 311 g/mol. The van der Waals surface area contributed by atoms with Crippen LogP contribution in [0.4, 0.5) is 15.8 Å². The maximum atomic E-state index is 13.7. The highest BCUT2D eigenvalue weighted by atomic mass is 35.5. The van der Waals surface area contributed by atoms with Crippen LogP contribution in [0.15, 0.2) is 36.4 Å². The highest BCUT2D eigenvalue weighted by molar-refractivity contribution is 6.30. The Bertz CT molecular complexity index is 679. The summed E-state index contributed by atoms with van der Waals surface area (Å²) >= 11 is 5.67. The largest absolute Gasteiger partial charge is 0.496 e. The number of methoxy groups -OCH3 is 1. The second-order valence-corrected chi connectivity index (χ2v) is 4.67. The molecular formula is C14H12ClFN2O3. The van der Waals surface area contributed by atoms with E-state index in [0.29, 0.717) is 16.3 Å². The van der Waals surface area contributed by atoms with E-state index in [4.69, 9.17) is 16.3 Å². The smallest absolute Gasteiger partial charge is 0.270 e. The van der Waals surface area contributed by atoms with Crippen molar-refractivity contribution >= 4 is 23.0 Å². The van der Waals surface area contributed by atoms with Gasteiger partial charge in [-0.25, -0.2) is 4.39 Å². The first-order valence-corrected chi connectivity index (χ1v) is 6.39. The van der Waals surface area contributed by atoms with E-state index < -0.39 is 10.7 Å². The van der Waals surface area contributed by atoms with Crippen molar-refractivity contribution in [3.8, 4) is 5.75 Å². The van der Waals surface area contributed by atoms with Crippen molar-refractivity contribution in [2.24, 2.45) is 0 Å². The van der Waals surface area contributed by atoms with Crippen LogP contribution in [0.5, 0.6) is 5.75 Å². The summed E-state index contributed by atoms with van der Waals surface area (Å²) in [5, 5.41) is 13.9. The molecule has 0 atom stereocenters. The zero-order chi connectivity index (χ0) is 15.4. The number of benzene rings is 2. The normalized spacial score (nSPS) is 10.2. The van der Waals surface area contributed by atoms with Crippen LogP contribution in [-0.4, -0.2) is 12.0 Å². The Balaban J connectivity index is 2.22. The van der Waals surface area contributed by atoms with Gasteiger partial charge in [-0.05, 0) is 24.3 Å². The first kappa shape index (κ1) is 15.1. The van der Waals surface area contributed by atoms with Gasteiger partial charge >= 0.3 is 0 Å². The molecule has 7 heteroatoms. The highest BCUT2D eigenvalue weighted by Crippen LogP contribution is 2.26. The van der Waals surface area contributed by atoms with Crippen molar-refractivity contribution < 1.29 is 14.1 Å². The Kier molecular flexibility index (Phi) is 4.59. The molecule has 0 aliphatic heterocycles. The van der Waals surface area contributed by atoms with Crippen molar-refractivity contribution in [2.75, 3.05) is 12.4 Å². The molecule has 0 aliphatic rings. The molecule has 2 aromatic carbocycles. The molecule has 0 aliphatic carbocycles. The third kappa shape index (κ3) is 3.61. The van der Waals surface area contributed by atoms with Crippen molar-refractivity contribution in [2.45, 2.75) is 6.54 Å². The molecule has 21 heavy (non-hydrogen) atoms. The number of hydrogen-bond donors (Lipinski definition) is 1. The minimum Gasteiger partial charge on any atom is -0.496 e. The Labute approximate surface area is 125 Å². The zero-order valence-electron chi connectivity index (χ0n) is 11.1. The summed E-state index contributed by atoms with van der Waals surface area (Å²) in [6.07, 6.45) is 0. The number of non-ortho nitro benzene ring substituents is 1. The average Bonchev–Trinajstić information content (AvgIpc) is 2.46. The van der Waals surface area contributed by atoms with Crippen LogP contribution in [0.25, 0.3) is 0 Å². The fraction of sp³-hybridized carbons (Fsp3) is 0.143. The third-order valence-electron chi connectivity index (χ3n) is 2.88. The predicted octanol–water partition coefficient (Wildman–Crippen LogP) is 4.01. The van der Waals surface area contributed by atoms with Gasteiger partial charge in [-0.2, -0.15) is 0 Å².